The monoisotopic (exact) mass is 304 g/mol. The molecule has 102 valence electrons. The summed E-state index contributed by atoms with van der Waals surface area (Å²) in [6.45, 7) is 7.37. The fourth-order valence-corrected chi connectivity index (χ4v) is 2.55. The molecule has 0 N–H and O–H groups in total. The third-order valence-electron chi connectivity index (χ3n) is 2.04. The molecule has 0 amide bonds. The fraction of sp³-hybridized carbons (Fsp3) is 0.800. The Hall–Kier alpha value is 0.270. The van der Waals surface area contributed by atoms with Gasteiger partial charge in [-0.05, 0) is 26.7 Å². The van der Waals surface area contributed by atoms with Gasteiger partial charge in [0.15, 0.2) is 0 Å². The predicted molar refractivity (Wildman–Crippen MR) is 70.2 cm³/mol. The predicted octanol–water partition coefficient (Wildman–Crippen LogP) is 5.02. The Morgan fingerprint density at radius 3 is 1.88 bits per heavy atom. The Morgan fingerprint density at radius 1 is 1.18 bits per heavy atom. The van der Waals surface area contributed by atoms with E-state index in [1.54, 1.807) is 13.8 Å². The standard InChI is InChI=1S/C10H19Cl2O4P/c1-5-8(3)15-17(13,14-7-10(11)12)16-9(4)6-2/h7-9H,5-6H2,1-4H3. The van der Waals surface area contributed by atoms with E-state index in [0.717, 1.165) is 6.26 Å². The molecule has 0 bridgehead atoms. The van der Waals surface area contributed by atoms with Gasteiger partial charge in [0.2, 0.25) is 0 Å². The van der Waals surface area contributed by atoms with E-state index in [-0.39, 0.29) is 16.7 Å². The molecule has 0 fully saturated rings. The molecule has 2 atom stereocenters. The number of hydrogen-bond acceptors (Lipinski definition) is 4. The molecule has 7 heteroatoms. The third kappa shape index (κ3) is 8.06. The molecule has 0 aliphatic carbocycles. The first-order chi connectivity index (χ1) is 7.83. The minimum atomic E-state index is -3.66. The smallest absolute Gasteiger partial charge is 0.409 e. The summed E-state index contributed by atoms with van der Waals surface area (Å²) in [6, 6.07) is 0. The Morgan fingerprint density at radius 2 is 1.59 bits per heavy atom. The second-order valence-corrected chi connectivity index (χ2v) is 6.14. The Balaban J connectivity index is 4.68. The van der Waals surface area contributed by atoms with Crippen LogP contribution in [0.5, 0.6) is 0 Å². The van der Waals surface area contributed by atoms with Gasteiger partial charge in [0, 0.05) is 0 Å². The summed E-state index contributed by atoms with van der Waals surface area (Å²) in [6.07, 6.45) is 1.85. The highest BCUT2D eigenvalue weighted by Crippen LogP contribution is 2.52. The molecular weight excluding hydrogens is 286 g/mol. The van der Waals surface area contributed by atoms with Crippen LogP contribution < -0.4 is 0 Å². The van der Waals surface area contributed by atoms with Gasteiger partial charge in [0.1, 0.15) is 10.8 Å². The van der Waals surface area contributed by atoms with E-state index in [2.05, 4.69) is 0 Å². The van der Waals surface area contributed by atoms with Gasteiger partial charge >= 0.3 is 7.82 Å². The minimum absolute atomic E-state index is 0.147. The van der Waals surface area contributed by atoms with Gasteiger partial charge in [-0.2, -0.15) is 0 Å². The Kier molecular flexibility index (Phi) is 8.52. The fourth-order valence-electron chi connectivity index (χ4n) is 0.769. The number of hydrogen-bond donors (Lipinski definition) is 0. The quantitative estimate of drug-likeness (QED) is 0.466. The van der Waals surface area contributed by atoms with E-state index in [1.165, 1.54) is 0 Å². The van der Waals surface area contributed by atoms with E-state index < -0.39 is 7.82 Å². The molecular formula is C10H19Cl2O4P. The first-order valence-electron chi connectivity index (χ1n) is 5.49. The van der Waals surface area contributed by atoms with Crippen molar-refractivity contribution in [2.75, 3.05) is 0 Å². The average Bonchev–Trinajstić information content (AvgIpc) is 2.26. The van der Waals surface area contributed by atoms with E-state index in [0.29, 0.717) is 12.8 Å². The molecule has 0 aromatic carbocycles. The van der Waals surface area contributed by atoms with Crippen molar-refractivity contribution < 1.29 is 18.1 Å². The van der Waals surface area contributed by atoms with Gasteiger partial charge in [-0.15, -0.1) is 0 Å². The van der Waals surface area contributed by atoms with Crippen molar-refractivity contribution >= 4 is 31.0 Å². The lowest BCUT2D eigenvalue weighted by Crippen LogP contribution is -2.12. The van der Waals surface area contributed by atoms with Crippen LogP contribution in [0.15, 0.2) is 10.8 Å². The number of phosphoric ester groups is 1. The van der Waals surface area contributed by atoms with Gasteiger partial charge in [-0.3, -0.25) is 9.05 Å². The second-order valence-electron chi connectivity index (χ2n) is 3.61. The molecule has 0 radical (unpaired) electrons. The topological polar surface area (TPSA) is 44.8 Å². The molecule has 0 saturated heterocycles. The van der Waals surface area contributed by atoms with Crippen molar-refractivity contribution in [1.29, 1.82) is 0 Å². The number of rotatable bonds is 8. The van der Waals surface area contributed by atoms with Crippen molar-refractivity contribution in [1.82, 2.24) is 0 Å². The first-order valence-corrected chi connectivity index (χ1v) is 7.71. The molecule has 0 aromatic heterocycles. The van der Waals surface area contributed by atoms with E-state index in [9.17, 15) is 4.57 Å². The van der Waals surface area contributed by atoms with Gasteiger partial charge in [0.05, 0.1) is 12.2 Å². The van der Waals surface area contributed by atoms with Crippen molar-refractivity contribution in [3.63, 3.8) is 0 Å². The normalized spacial score (nSPS) is 18.0. The zero-order valence-electron chi connectivity index (χ0n) is 10.5. The van der Waals surface area contributed by atoms with Crippen LogP contribution >= 0.6 is 31.0 Å². The summed E-state index contributed by atoms with van der Waals surface area (Å²) < 4.78 is 27.5. The maximum atomic E-state index is 12.2. The second kappa shape index (κ2) is 8.39. The highest BCUT2D eigenvalue weighted by Gasteiger charge is 2.31. The molecule has 0 aromatic rings. The van der Waals surface area contributed by atoms with Crippen LogP contribution in [0.4, 0.5) is 0 Å². The summed E-state index contributed by atoms with van der Waals surface area (Å²) in [5.74, 6) is 0. The van der Waals surface area contributed by atoms with Crippen molar-refractivity contribution in [2.45, 2.75) is 52.7 Å². The SMILES string of the molecule is CCC(C)OP(=O)(OC=C(Cl)Cl)OC(C)CC. The van der Waals surface area contributed by atoms with Crippen LogP contribution in [0.1, 0.15) is 40.5 Å². The van der Waals surface area contributed by atoms with Crippen LogP contribution in [-0.4, -0.2) is 12.2 Å². The van der Waals surface area contributed by atoms with Crippen molar-refractivity contribution in [2.24, 2.45) is 0 Å². The van der Waals surface area contributed by atoms with Crippen LogP contribution in [-0.2, 0) is 18.1 Å². The summed E-state index contributed by atoms with van der Waals surface area (Å²) >= 11 is 10.8. The lowest BCUT2D eigenvalue weighted by atomic mass is 10.3. The van der Waals surface area contributed by atoms with E-state index >= 15 is 0 Å². The lowest BCUT2D eigenvalue weighted by molar-refractivity contribution is 0.0791. The van der Waals surface area contributed by atoms with Crippen molar-refractivity contribution in [3.05, 3.63) is 10.8 Å². The molecule has 0 aliphatic rings. The summed E-state index contributed by atoms with van der Waals surface area (Å²) in [5.41, 5.74) is 0. The Bertz CT molecular complexity index is 276. The summed E-state index contributed by atoms with van der Waals surface area (Å²) in [5, 5.41) is 0. The highest BCUT2D eigenvalue weighted by molar-refractivity contribution is 7.48. The molecule has 0 heterocycles. The van der Waals surface area contributed by atoms with Gasteiger partial charge in [-0.25, -0.2) is 4.57 Å². The molecule has 0 aliphatic heterocycles. The highest BCUT2D eigenvalue weighted by atomic mass is 35.5. The largest absolute Gasteiger partial charge is 0.530 e. The Labute approximate surface area is 113 Å². The zero-order chi connectivity index (χ0) is 13.5. The number of halogens is 2. The summed E-state index contributed by atoms with van der Waals surface area (Å²) in [4.78, 5) is 0. The van der Waals surface area contributed by atoms with Gasteiger partial charge in [0.25, 0.3) is 0 Å². The molecule has 2 unspecified atom stereocenters. The molecule has 4 nitrogen and oxygen atoms in total. The van der Waals surface area contributed by atoms with Gasteiger partial charge in [-0.1, -0.05) is 37.0 Å². The average molecular weight is 305 g/mol. The number of phosphoric acid groups is 1. The first kappa shape index (κ1) is 17.3. The molecule has 0 rings (SSSR count). The molecule has 0 spiro atoms. The lowest BCUT2D eigenvalue weighted by Gasteiger charge is -2.22. The maximum absolute atomic E-state index is 12.2. The van der Waals surface area contributed by atoms with E-state index in [4.69, 9.17) is 36.8 Å². The third-order valence-corrected chi connectivity index (χ3v) is 3.82. The summed E-state index contributed by atoms with van der Waals surface area (Å²) in [7, 11) is -3.66. The van der Waals surface area contributed by atoms with Crippen molar-refractivity contribution in [3.8, 4) is 0 Å². The van der Waals surface area contributed by atoms with Crippen LogP contribution in [0.2, 0.25) is 0 Å². The van der Waals surface area contributed by atoms with Crippen LogP contribution in [0.25, 0.3) is 0 Å². The zero-order valence-corrected chi connectivity index (χ0v) is 12.9. The van der Waals surface area contributed by atoms with E-state index in [1.807, 2.05) is 13.8 Å². The van der Waals surface area contributed by atoms with Crippen LogP contribution in [0, 0.1) is 0 Å². The van der Waals surface area contributed by atoms with Gasteiger partial charge < -0.3 is 4.52 Å². The minimum Gasteiger partial charge on any atom is -0.409 e. The molecule has 17 heavy (non-hydrogen) atoms. The van der Waals surface area contributed by atoms with Crippen LogP contribution in [0.3, 0.4) is 0 Å². The maximum Gasteiger partial charge on any atom is 0.530 e. The molecule has 0 saturated carbocycles.